The molecule has 1 aliphatic rings. The summed E-state index contributed by atoms with van der Waals surface area (Å²) in [6.07, 6.45) is 0. The lowest BCUT2D eigenvalue weighted by atomic mass is 10.1. The van der Waals surface area contributed by atoms with Gasteiger partial charge in [-0.1, -0.05) is 46.0 Å². The molecule has 0 unspecified atom stereocenters. The highest BCUT2D eigenvalue weighted by Gasteiger charge is 2.35. The highest BCUT2D eigenvalue weighted by atomic mass is 35.5. The summed E-state index contributed by atoms with van der Waals surface area (Å²) in [7, 11) is 0. The van der Waals surface area contributed by atoms with Crippen molar-refractivity contribution in [2.24, 2.45) is 5.16 Å². The quantitative estimate of drug-likeness (QED) is 0.567. The first kappa shape index (κ1) is 17.7. The van der Waals surface area contributed by atoms with E-state index in [1.165, 1.54) is 11.8 Å². The molecule has 2 aromatic rings. The van der Waals surface area contributed by atoms with Gasteiger partial charge in [0.15, 0.2) is 5.71 Å². The lowest BCUT2D eigenvalue weighted by Crippen LogP contribution is -2.29. The normalized spacial score (nSPS) is 14.8. The van der Waals surface area contributed by atoms with Gasteiger partial charge < -0.3 is 9.74 Å². The summed E-state index contributed by atoms with van der Waals surface area (Å²) in [5, 5.41) is 5.07. The number of hydrogen-bond acceptors (Lipinski definition) is 4. The van der Waals surface area contributed by atoms with Crippen molar-refractivity contribution in [2.45, 2.75) is 13.5 Å². The fourth-order valence-electron chi connectivity index (χ4n) is 2.46. The molecule has 0 radical (unpaired) electrons. The Hall–Kier alpha value is -2.08. The van der Waals surface area contributed by atoms with Gasteiger partial charge in [-0.3, -0.25) is 4.79 Å². The van der Waals surface area contributed by atoms with Crippen LogP contribution >= 0.6 is 34.8 Å². The summed E-state index contributed by atoms with van der Waals surface area (Å²) in [6, 6.07) is 10.0. The van der Waals surface area contributed by atoms with Gasteiger partial charge in [0.1, 0.15) is 0 Å². The average Bonchev–Trinajstić information content (AvgIpc) is 2.79. The topological polar surface area (TPSA) is 59.0 Å². The van der Waals surface area contributed by atoms with Crippen LogP contribution in [0.1, 0.15) is 18.1 Å². The Bertz CT molecular complexity index is 912. The number of oxime groups is 1. The Morgan fingerprint density at radius 1 is 1.12 bits per heavy atom. The molecular weight excluding hydrogens is 387 g/mol. The van der Waals surface area contributed by atoms with E-state index in [1.807, 2.05) is 0 Å². The third kappa shape index (κ3) is 3.63. The molecule has 0 fully saturated rings. The molecule has 8 heteroatoms. The average molecular weight is 398 g/mol. The smallest absolute Gasteiger partial charge is 0.318 e. The lowest BCUT2D eigenvalue weighted by Gasteiger charge is -2.17. The number of benzene rings is 2. The Morgan fingerprint density at radius 3 is 2.48 bits per heavy atom. The van der Waals surface area contributed by atoms with Gasteiger partial charge in [0.2, 0.25) is 0 Å². The first-order chi connectivity index (χ1) is 11.9. The van der Waals surface area contributed by atoms with Gasteiger partial charge >= 0.3 is 5.97 Å². The van der Waals surface area contributed by atoms with Crippen LogP contribution in [0, 0.1) is 0 Å². The first-order valence-corrected chi connectivity index (χ1v) is 8.31. The van der Waals surface area contributed by atoms with Crippen molar-refractivity contribution in [3.8, 4) is 0 Å². The van der Waals surface area contributed by atoms with Crippen molar-refractivity contribution in [1.82, 2.24) is 0 Å². The molecule has 0 saturated heterocycles. The summed E-state index contributed by atoms with van der Waals surface area (Å²) < 4.78 is 0. The molecule has 2 aromatic carbocycles. The molecule has 0 bridgehead atoms. The van der Waals surface area contributed by atoms with E-state index in [2.05, 4.69) is 9.99 Å². The summed E-state index contributed by atoms with van der Waals surface area (Å²) >= 11 is 18.1. The van der Waals surface area contributed by atoms with Gasteiger partial charge in [-0.2, -0.15) is 0 Å². The molecule has 0 N–H and O–H groups in total. The van der Waals surface area contributed by atoms with E-state index in [4.69, 9.17) is 34.8 Å². The number of anilines is 1. The third-order valence-electron chi connectivity index (χ3n) is 3.56. The highest BCUT2D eigenvalue weighted by molar-refractivity contribution is 6.54. The fraction of sp³-hybridized carbons (Fsp3) is 0.118. The lowest BCUT2D eigenvalue weighted by molar-refractivity contribution is -0.140. The monoisotopic (exact) mass is 396 g/mol. The molecule has 128 valence electrons. The predicted octanol–water partition coefficient (Wildman–Crippen LogP) is 4.46. The van der Waals surface area contributed by atoms with Crippen LogP contribution in [0.3, 0.4) is 0 Å². The highest BCUT2D eigenvalue weighted by Crippen LogP contribution is 2.34. The van der Waals surface area contributed by atoms with E-state index >= 15 is 0 Å². The number of fused-ring (bicyclic) bond motifs is 1. The number of halogens is 3. The maximum atomic E-state index is 12.8. The molecule has 25 heavy (non-hydrogen) atoms. The van der Waals surface area contributed by atoms with Crippen LogP contribution in [-0.2, 0) is 21.0 Å². The molecule has 1 heterocycles. The number of rotatable bonds is 3. The minimum absolute atomic E-state index is 0.0118. The van der Waals surface area contributed by atoms with Gasteiger partial charge in [0.05, 0.1) is 12.2 Å². The zero-order valence-electron chi connectivity index (χ0n) is 12.9. The van der Waals surface area contributed by atoms with Crippen LogP contribution < -0.4 is 4.90 Å². The Labute approximate surface area is 158 Å². The van der Waals surface area contributed by atoms with Gasteiger partial charge in [0.25, 0.3) is 5.91 Å². The van der Waals surface area contributed by atoms with E-state index < -0.39 is 11.9 Å². The molecule has 0 atom stereocenters. The first-order valence-electron chi connectivity index (χ1n) is 7.18. The Morgan fingerprint density at radius 2 is 1.80 bits per heavy atom. The van der Waals surface area contributed by atoms with Crippen molar-refractivity contribution < 1.29 is 14.4 Å². The van der Waals surface area contributed by atoms with Crippen LogP contribution in [0.25, 0.3) is 0 Å². The third-order valence-corrected chi connectivity index (χ3v) is 4.38. The van der Waals surface area contributed by atoms with Gasteiger partial charge in [-0.05, 0) is 35.9 Å². The molecule has 0 spiro atoms. The standard InChI is InChI=1S/C17H11Cl3N2O3/c1-9(23)25-21-16-13-6-11(18)4-5-15(13)22(17(16)24)8-10-2-3-12(19)7-14(10)20/h2-7H,8H2,1H3. The Kier molecular flexibility index (Phi) is 4.99. The van der Waals surface area contributed by atoms with Crippen LogP contribution in [0.2, 0.25) is 15.1 Å². The van der Waals surface area contributed by atoms with Crippen molar-refractivity contribution >= 4 is 58.1 Å². The van der Waals surface area contributed by atoms with E-state index in [1.54, 1.807) is 36.4 Å². The van der Waals surface area contributed by atoms with E-state index in [0.29, 0.717) is 31.9 Å². The van der Waals surface area contributed by atoms with E-state index in [0.717, 1.165) is 0 Å². The van der Waals surface area contributed by atoms with Gasteiger partial charge in [-0.15, -0.1) is 0 Å². The number of nitrogens with zero attached hydrogens (tertiary/aromatic N) is 2. The maximum Gasteiger partial charge on any atom is 0.332 e. The summed E-state index contributed by atoms with van der Waals surface area (Å²) in [6.45, 7) is 1.41. The molecule has 0 aromatic heterocycles. The molecule has 3 rings (SSSR count). The minimum Gasteiger partial charge on any atom is -0.318 e. The molecule has 1 amide bonds. The second-order valence-electron chi connectivity index (χ2n) is 5.31. The zero-order valence-corrected chi connectivity index (χ0v) is 15.2. The maximum absolute atomic E-state index is 12.8. The number of carbonyl (C=O) groups excluding carboxylic acids is 2. The van der Waals surface area contributed by atoms with Crippen LogP contribution in [-0.4, -0.2) is 17.6 Å². The summed E-state index contributed by atoms with van der Waals surface area (Å²) in [4.78, 5) is 29.9. The van der Waals surface area contributed by atoms with Crippen LogP contribution in [0.15, 0.2) is 41.6 Å². The van der Waals surface area contributed by atoms with Crippen LogP contribution in [0.4, 0.5) is 5.69 Å². The van der Waals surface area contributed by atoms with E-state index in [9.17, 15) is 9.59 Å². The SMILES string of the molecule is CC(=O)ON=C1C(=O)N(Cc2ccc(Cl)cc2Cl)c2ccc(Cl)cc21. The van der Waals surface area contributed by atoms with Gasteiger partial charge in [0, 0.05) is 27.6 Å². The van der Waals surface area contributed by atoms with Crippen molar-refractivity contribution in [3.63, 3.8) is 0 Å². The molecule has 0 aliphatic carbocycles. The molecule has 0 saturated carbocycles. The zero-order chi connectivity index (χ0) is 18.1. The second kappa shape index (κ2) is 7.04. The number of amides is 1. The largest absolute Gasteiger partial charge is 0.332 e. The number of carbonyl (C=O) groups is 2. The Balaban J connectivity index is 2.02. The second-order valence-corrected chi connectivity index (χ2v) is 6.59. The van der Waals surface area contributed by atoms with Crippen molar-refractivity contribution in [1.29, 1.82) is 0 Å². The van der Waals surface area contributed by atoms with E-state index in [-0.39, 0.29) is 12.3 Å². The van der Waals surface area contributed by atoms with Gasteiger partial charge in [-0.25, -0.2) is 4.79 Å². The van der Waals surface area contributed by atoms with Crippen molar-refractivity contribution in [3.05, 3.63) is 62.6 Å². The van der Waals surface area contributed by atoms with Crippen molar-refractivity contribution in [2.75, 3.05) is 4.90 Å². The predicted molar refractivity (Wildman–Crippen MR) is 97.4 cm³/mol. The molecule has 5 nitrogen and oxygen atoms in total. The molecule has 1 aliphatic heterocycles. The number of hydrogen-bond donors (Lipinski definition) is 0. The summed E-state index contributed by atoms with van der Waals surface area (Å²) in [5.41, 5.74) is 1.82. The molecular formula is C17H11Cl3N2O3. The fourth-order valence-corrected chi connectivity index (χ4v) is 3.10. The van der Waals surface area contributed by atoms with Crippen LogP contribution in [0.5, 0.6) is 0 Å². The summed E-state index contributed by atoms with van der Waals surface area (Å²) in [5.74, 6) is -1.03. The minimum atomic E-state index is -0.622.